The van der Waals surface area contributed by atoms with Crippen LogP contribution in [0.5, 0.6) is 0 Å². The van der Waals surface area contributed by atoms with Crippen molar-refractivity contribution in [3.8, 4) is 0 Å². The van der Waals surface area contributed by atoms with Crippen LogP contribution in [0.3, 0.4) is 0 Å². The van der Waals surface area contributed by atoms with E-state index in [1.54, 1.807) is 0 Å². The standard InChI is InChI=1S/C11H11Cl/c1-2-8-7-9-5-3-4-6-10(9)11(8)12/h3-7,11H,2H2,1H3. The Morgan fingerprint density at radius 1 is 1.33 bits per heavy atom. The predicted molar refractivity (Wildman–Crippen MR) is 53.3 cm³/mol. The average molecular weight is 179 g/mol. The summed E-state index contributed by atoms with van der Waals surface area (Å²) in [4.78, 5) is 0. The van der Waals surface area contributed by atoms with E-state index in [-0.39, 0.29) is 5.38 Å². The fourth-order valence-corrected chi connectivity index (χ4v) is 2.04. The molecule has 0 aromatic heterocycles. The summed E-state index contributed by atoms with van der Waals surface area (Å²) in [6, 6.07) is 8.32. The molecule has 1 heteroatoms. The molecule has 0 spiro atoms. The molecule has 0 aliphatic heterocycles. The Morgan fingerprint density at radius 2 is 2.08 bits per heavy atom. The molecule has 1 aromatic carbocycles. The van der Waals surface area contributed by atoms with E-state index in [0.717, 1.165) is 6.42 Å². The molecule has 12 heavy (non-hydrogen) atoms. The lowest BCUT2D eigenvalue weighted by Gasteiger charge is -2.05. The highest BCUT2D eigenvalue weighted by molar-refractivity contribution is 6.24. The Balaban J connectivity index is 2.47. The lowest BCUT2D eigenvalue weighted by Crippen LogP contribution is -1.87. The van der Waals surface area contributed by atoms with Crippen molar-refractivity contribution < 1.29 is 0 Å². The SMILES string of the molecule is CCC1=Cc2ccccc2C1Cl. The summed E-state index contributed by atoms with van der Waals surface area (Å²) in [5.41, 5.74) is 3.88. The van der Waals surface area contributed by atoms with Gasteiger partial charge in [-0.2, -0.15) is 0 Å². The number of rotatable bonds is 1. The molecular weight excluding hydrogens is 168 g/mol. The molecule has 1 aliphatic carbocycles. The smallest absolute Gasteiger partial charge is 0.0804 e. The molecule has 62 valence electrons. The molecule has 0 radical (unpaired) electrons. The van der Waals surface area contributed by atoms with Gasteiger partial charge in [-0.1, -0.05) is 37.3 Å². The van der Waals surface area contributed by atoms with E-state index >= 15 is 0 Å². The first kappa shape index (κ1) is 7.88. The average Bonchev–Trinajstić information content (AvgIpc) is 2.44. The summed E-state index contributed by atoms with van der Waals surface area (Å²) in [6.45, 7) is 2.15. The molecule has 0 bridgehead atoms. The number of benzene rings is 1. The van der Waals surface area contributed by atoms with Crippen LogP contribution in [0.2, 0.25) is 0 Å². The monoisotopic (exact) mass is 178 g/mol. The largest absolute Gasteiger partial charge is 0.113 e. The van der Waals surface area contributed by atoms with Crippen molar-refractivity contribution >= 4 is 17.7 Å². The lowest BCUT2D eigenvalue weighted by molar-refractivity contribution is 1.01. The zero-order valence-electron chi connectivity index (χ0n) is 7.05. The summed E-state index contributed by atoms with van der Waals surface area (Å²) in [5, 5.41) is 0.117. The Hall–Kier alpha value is -0.750. The van der Waals surface area contributed by atoms with E-state index in [0.29, 0.717) is 0 Å². The van der Waals surface area contributed by atoms with Crippen molar-refractivity contribution in [2.75, 3.05) is 0 Å². The third kappa shape index (κ3) is 1.07. The summed E-state index contributed by atoms with van der Waals surface area (Å²) in [6.07, 6.45) is 3.25. The summed E-state index contributed by atoms with van der Waals surface area (Å²) in [7, 11) is 0. The van der Waals surface area contributed by atoms with Gasteiger partial charge in [0.1, 0.15) is 0 Å². The third-order valence-electron chi connectivity index (χ3n) is 2.34. The van der Waals surface area contributed by atoms with E-state index in [2.05, 4.69) is 31.2 Å². The van der Waals surface area contributed by atoms with E-state index in [9.17, 15) is 0 Å². The molecule has 0 amide bonds. The van der Waals surface area contributed by atoms with Gasteiger partial charge in [-0.25, -0.2) is 0 Å². The molecule has 1 unspecified atom stereocenters. The van der Waals surface area contributed by atoms with Gasteiger partial charge < -0.3 is 0 Å². The first-order valence-corrected chi connectivity index (χ1v) is 4.70. The van der Waals surface area contributed by atoms with Crippen LogP contribution < -0.4 is 0 Å². The quantitative estimate of drug-likeness (QED) is 0.575. The highest BCUT2D eigenvalue weighted by Gasteiger charge is 2.20. The molecule has 0 fully saturated rings. The van der Waals surface area contributed by atoms with Crippen LogP contribution >= 0.6 is 11.6 Å². The van der Waals surface area contributed by atoms with Crippen molar-refractivity contribution in [1.29, 1.82) is 0 Å². The fourth-order valence-electron chi connectivity index (χ4n) is 1.63. The van der Waals surface area contributed by atoms with Crippen LogP contribution in [-0.4, -0.2) is 0 Å². The Labute approximate surface area is 77.9 Å². The highest BCUT2D eigenvalue weighted by Crippen LogP contribution is 2.40. The van der Waals surface area contributed by atoms with Gasteiger partial charge in [0.25, 0.3) is 0 Å². The summed E-state index contributed by atoms with van der Waals surface area (Å²) in [5.74, 6) is 0. The molecule has 2 rings (SSSR count). The van der Waals surface area contributed by atoms with Gasteiger partial charge in [0.15, 0.2) is 0 Å². The second-order valence-electron chi connectivity index (χ2n) is 3.06. The number of alkyl halides is 1. The van der Waals surface area contributed by atoms with E-state index in [4.69, 9.17) is 11.6 Å². The molecule has 0 nitrogen and oxygen atoms in total. The van der Waals surface area contributed by atoms with Crippen LogP contribution in [0.1, 0.15) is 29.8 Å². The minimum Gasteiger partial charge on any atom is -0.113 e. The Morgan fingerprint density at radius 3 is 2.75 bits per heavy atom. The number of halogens is 1. The molecule has 0 saturated heterocycles. The van der Waals surface area contributed by atoms with E-state index < -0.39 is 0 Å². The van der Waals surface area contributed by atoms with Crippen molar-refractivity contribution in [2.45, 2.75) is 18.7 Å². The van der Waals surface area contributed by atoms with Gasteiger partial charge in [0, 0.05) is 0 Å². The molecule has 0 N–H and O–H groups in total. The molecular formula is C11H11Cl. The number of hydrogen-bond donors (Lipinski definition) is 0. The second-order valence-corrected chi connectivity index (χ2v) is 3.50. The van der Waals surface area contributed by atoms with Gasteiger partial charge in [-0.3, -0.25) is 0 Å². The lowest BCUT2D eigenvalue weighted by atomic mass is 10.1. The van der Waals surface area contributed by atoms with Crippen molar-refractivity contribution in [1.82, 2.24) is 0 Å². The van der Waals surface area contributed by atoms with Crippen molar-refractivity contribution in [3.63, 3.8) is 0 Å². The molecule has 0 heterocycles. The van der Waals surface area contributed by atoms with Crippen molar-refractivity contribution in [2.24, 2.45) is 0 Å². The van der Waals surface area contributed by atoms with Gasteiger partial charge in [0.2, 0.25) is 0 Å². The third-order valence-corrected chi connectivity index (χ3v) is 2.86. The molecule has 0 saturated carbocycles. The van der Waals surface area contributed by atoms with Crippen LogP contribution in [0, 0.1) is 0 Å². The Kier molecular flexibility index (Phi) is 1.93. The number of allylic oxidation sites excluding steroid dienone is 1. The minimum atomic E-state index is 0.117. The summed E-state index contributed by atoms with van der Waals surface area (Å²) < 4.78 is 0. The van der Waals surface area contributed by atoms with E-state index in [1.165, 1.54) is 16.7 Å². The number of fused-ring (bicyclic) bond motifs is 1. The molecule has 1 atom stereocenters. The van der Waals surface area contributed by atoms with Crippen LogP contribution in [-0.2, 0) is 0 Å². The minimum absolute atomic E-state index is 0.117. The fraction of sp³-hybridized carbons (Fsp3) is 0.273. The molecule has 1 aromatic rings. The zero-order valence-corrected chi connectivity index (χ0v) is 7.81. The van der Waals surface area contributed by atoms with Crippen LogP contribution in [0.4, 0.5) is 0 Å². The van der Waals surface area contributed by atoms with Gasteiger partial charge in [0.05, 0.1) is 5.38 Å². The number of hydrogen-bond acceptors (Lipinski definition) is 0. The predicted octanol–water partition coefficient (Wildman–Crippen LogP) is 3.77. The summed E-state index contributed by atoms with van der Waals surface area (Å²) >= 11 is 6.24. The first-order valence-electron chi connectivity index (χ1n) is 4.26. The maximum absolute atomic E-state index is 6.24. The maximum Gasteiger partial charge on any atom is 0.0804 e. The van der Waals surface area contributed by atoms with Gasteiger partial charge in [-0.05, 0) is 23.1 Å². The highest BCUT2D eigenvalue weighted by atomic mass is 35.5. The molecule has 1 aliphatic rings. The van der Waals surface area contributed by atoms with Gasteiger partial charge in [-0.15, -0.1) is 11.6 Å². The first-order chi connectivity index (χ1) is 5.83. The maximum atomic E-state index is 6.24. The second kappa shape index (κ2) is 2.95. The Bertz CT molecular complexity index is 326. The van der Waals surface area contributed by atoms with Gasteiger partial charge >= 0.3 is 0 Å². The van der Waals surface area contributed by atoms with Crippen LogP contribution in [0.25, 0.3) is 6.08 Å². The van der Waals surface area contributed by atoms with Crippen molar-refractivity contribution in [3.05, 3.63) is 41.0 Å². The zero-order chi connectivity index (χ0) is 8.55. The van der Waals surface area contributed by atoms with Crippen LogP contribution in [0.15, 0.2) is 29.8 Å². The van der Waals surface area contributed by atoms with E-state index in [1.807, 2.05) is 6.07 Å². The topological polar surface area (TPSA) is 0 Å². The normalized spacial score (nSPS) is 20.5.